The van der Waals surface area contributed by atoms with Crippen LogP contribution in [0, 0.1) is 0 Å². The van der Waals surface area contributed by atoms with Crippen LogP contribution in [0.15, 0.2) is 42.6 Å². The van der Waals surface area contributed by atoms with E-state index in [1.54, 1.807) is 0 Å². The van der Waals surface area contributed by atoms with Crippen molar-refractivity contribution in [1.82, 2.24) is 9.88 Å². The molecule has 0 radical (unpaired) electrons. The molecule has 1 aromatic heterocycles. The minimum atomic E-state index is -4.69. The number of nitrogens with zero attached hydrogens (tertiary/aromatic N) is 2. The molecular formula is C17H12F6N2O2. The Morgan fingerprint density at radius 2 is 1.56 bits per heavy atom. The van der Waals surface area contributed by atoms with Crippen LogP contribution in [0.1, 0.15) is 21.5 Å². The maximum Gasteiger partial charge on any atom is 0.421 e. The maximum absolute atomic E-state index is 13.0. The van der Waals surface area contributed by atoms with Gasteiger partial charge in [-0.3, -0.25) is 4.79 Å². The molecule has 2 aromatic rings. The van der Waals surface area contributed by atoms with Crippen molar-refractivity contribution in [2.24, 2.45) is 0 Å². The molecule has 3 rings (SSSR count). The number of carbonyl (C=O) groups excluding carboxylic acids is 1. The largest absolute Gasteiger partial charge is 0.470 e. The van der Waals surface area contributed by atoms with Gasteiger partial charge in [0.15, 0.2) is 0 Å². The van der Waals surface area contributed by atoms with Gasteiger partial charge in [-0.05, 0) is 24.3 Å². The van der Waals surface area contributed by atoms with E-state index in [1.807, 2.05) is 0 Å². The molecule has 1 saturated heterocycles. The molecule has 1 aromatic carbocycles. The van der Waals surface area contributed by atoms with Crippen molar-refractivity contribution >= 4 is 5.91 Å². The van der Waals surface area contributed by atoms with E-state index in [4.69, 9.17) is 4.74 Å². The van der Waals surface area contributed by atoms with Crippen LogP contribution in [0.2, 0.25) is 0 Å². The van der Waals surface area contributed by atoms with Gasteiger partial charge >= 0.3 is 12.4 Å². The van der Waals surface area contributed by atoms with E-state index in [2.05, 4.69) is 4.98 Å². The highest BCUT2D eigenvalue weighted by molar-refractivity contribution is 5.96. The molecule has 1 aliphatic heterocycles. The first-order valence-electron chi connectivity index (χ1n) is 7.71. The third-order valence-electron chi connectivity index (χ3n) is 3.95. The lowest BCUT2D eigenvalue weighted by atomic mass is 10.0. The minimum absolute atomic E-state index is 0.140. The molecular weight excluding hydrogens is 378 g/mol. The topological polar surface area (TPSA) is 42.4 Å². The Morgan fingerprint density at radius 3 is 2.19 bits per heavy atom. The first-order valence-corrected chi connectivity index (χ1v) is 7.71. The quantitative estimate of drug-likeness (QED) is 0.744. The number of alkyl halides is 6. The van der Waals surface area contributed by atoms with Crippen molar-refractivity contribution < 1.29 is 35.9 Å². The highest BCUT2D eigenvalue weighted by Gasteiger charge is 2.41. The zero-order valence-corrected chi connectivity index (χ0v) is 13.5. The number of carbonyl (C=O) groups is 1. The Kier molecular flexibility index (Phi) is 4.75. The molecule has 10 heteroatoms. The van der Waals surface area contributed by atoms with Crippen molar-refractivity contribution in [3.05, 3.63) is 59.3 Å². The summed E-state index contributed by atoms with van der Waals surface area (Å²) < 4.78 is 82.9. The van der Waals surface area contributed by atoms with Crippen LogP contribution >= 0.6 is 0 Å². The zero-order valence-electron chi connectivity index (χ0n) is 13.5. The summed E-state index contributed by atoms with van der Waals surface area (Å²) in [6, 6.07) is 6.25. The van der Waals surface area contributed by atoms with E-state index in [0.717, 1.165) is 35.4 Å². The molecule has 0 bridgehead atoms. The molecule has 0 N–H and O–H groups in total. The standard InChI is InChI=1S/C17H12F6N2O2/c18-16(19,20)12-5-2-1-4-11(12)15(26)25-8-10(9-25)27-14-13(17(21,22)23)6-3-7-24-14/h1-7,10H,8-9H2. The fraction of sp³-hybridized carbons (Fsp3) is 0.294. The van der Waals surface area contributed by atoms with Crippen LogP contribution in [0.4, 0.5) is 26.3 Å². The minimum Gasteiger partial charge on any atom is -0.470 e. The lowest BCUT2D eigenvalue weighted by Gasteiger charge is -2.39. The first kappa shape index (κ1) is 19.0. The second-order valence-corrected chi connectivity index (χ2v) is 5.85. The third-order valence-corrected chi connectivity index (χ3v) is 3.95. The van der Waals surface area contributed by atoms with E-state index in [9.17, 15) is 31.1 Å². The number of hydrogen-bond acceptors (Lipinski definition) is 3. The van der Waals surface area contributed by atoms with Crippen LogP contribution in [0.25, 0.3) is 0 Å². The van der Waals surface area contributed by atoms with Gasteiger partial charge in [0.2, 0.25) is 5.88 Å². The Balaban J connectivity index is 1.69. The van der Waals surface area contributed by atoms with E-state index < -0.39 is 46.9 Å². The lowest BCUT2D eigenvalue weighted by Crippen LogP contribution is -2.56. The number of benzene rings is 1. The zero-order chi connectivity index (χ0) is 19.8. The van der Waals surface area contributed by atoms with Gasteiger partial charge in [0.25, 0.3) is 5.91 Å². The number of likely N-dealkylation sites (tertiary alicyclic amines) is 1. The fourth-order valence-electron chi connectivity index (χ4n) is 2.62. The SMILES string of the molecule is O=C(c1ccccc1C(F)(F)F)N1CC(Oc2ncccc2C(F)(F)F)C1. The van der Waals surface area contributed by atoms with Gasteiger partial charge in [0.05, 0.1) is 24.2 Å². The van der Waals surface area contributed by atoms with Gasteiger partial charge in [-0.1, -0.05) is 12.1 Å². The molecule has 1 fully saturated rings. The predicted molar refractivity (Wildman–Crippen MR) is 81.0 cm³/mol. The number of amides is 1. The highest BCUT2D eigenvalue weighted by Crippen LogP contribution is 2.36. The predicted octanol–water partition coefficient (Wildman–Crippen LogP) is 4.02. The number of rotatable bonds is 3. The molecule has 0 unspecified atom stereocenters. The molecule has 0 atom stereocenters. The molecule has 0 spiro atoms. The first-order chi connectivity index (χ1) is 12.6. The van der Waals surface area contributed by atoms with Crippen molar-refractivity contribution in [3.63, 3.8) is 0 Å². The van der Waals surface area contributed by atoms with Crippen LogP contribution in [0.5, 0.6) is 5.88 Å². The van der Waals surface area contributed by atoms with Gasteiger partial charge in [0.1, 0.15) is 11.7 Å². The molecule has 1 amide bonds. The summed E-state index contributed by atoms with van der Waals surface area (Å²) in [5.41, 5.74) is -2.64. The summed E-state index contributed by atoms with van der Waals surface area (Å²) in [4.78, 5) is 16.9. The van der Waals surface area contributed by atoms with Crippen molar-refractivity contribution in [1.29, 1.82) is 0 Å². The Bertz CT molecular complexity index is 844. The lowest BCUT2D eigenvalue weighted by molar-refractivity contribution is -0.140. The summed E-state index contributed by atoms with van der Waals surface area (Å²) in [5.74, 6) is -1.49. The monoisotopic (exact) mass is 390 g/mol. The average molecular weight is 390 g/mol. The van der Waals surface area contributed by atoms with Crippen molar-refractivity contribution in [2.75, 3.05) is 13.1 Å². The normalized spacial score (nSPS) is 15.4. The molecule has 0 aliphatic carbocycles. The summed E-state index contributed by atoms with van der Waals surface area (Å²) in [6.07, 6.45) is -9.01. The fourth-order valence-corrected chi connectivity index (χ4v) is 2.62. The maximum atomic E-state index is 13.0. The summed E-state index contributed by atoms with van der Waals surface area (Å²) in [5, 5.41) is 0. The Labute approximate surface area is 149 Å². The number of halogens is 6. The van der Waals surface area contributed by atoms with Gasteiger partial charge in [-0.15, -0.1) is 0 Å². The summed E-state index contributed by atoms with van der Waals surface area (Å²) in [7, 11) is 0. The molecule has 1 aliphatic rings. The van der Waals surface area contributed by atoms with Crippen LogP contribution < -0.4 is 4.74 Å². The molecule has 0 saturated carbocycles. The number of hydrogen-bond donors (Lipinski definition) is 0. The Hall–Kier alpha value is -2.78. The summed E-state index contributed by atoms with van der Waals surface area (Å²) in [6.45, 7) is -0.280. The van der Waals surface area contributed by atoms with Gasteiger partial charge in [-0.2, -0.15) is 26.3 Å². The third kappa shape index (κ3) is 3.99. The average Bonchev–Trinajstić information content (AvgIpc) is 2.56. The summed E-state index contributed by atoms with van der Waals surface area (Å²) >= 11 is 0. The van der Waals surface area contributed by atoms with E-state index in [1.165, 1.54) is 12.1 Å². The van der Waals surface area contributed by atoms with Gasteiger partial charge in [-0.25, -0.2) is 4.98 Å². The van der Waals surface area contributed by atoms with Crippen molar-refractivity contribution in [2.45, 2.75) is 18.5 Å². The number of ether oxygens (including phenoxy) is 1. The molecule has 27 heavy (non-hydrogen) atoms. The van der Waals surface area contributed by atoms with Crippen molar-refractivity contribution in [3.8, 4) is 5.88 Å². The van der Waals surface area contributed by atoms with E-state index in [-0.39, 0.29) is 13.1 Å². The molecule has 2 heterocycles. The molecule has 144 valence electrons. The van der Waals surface area contributed by atoms with Crippen LogP contribution in [-0.4, -0.2) is 35.0 Å². The Morgan fingerprint density at radius 1 is 0.963 bits per heavy atom. The second kappa shape index (κ2) is 6.75. The van der Waals surface area contributed by atoms with E-state index in [0.29, 0.717) is 0 Å². The smallest absolute Gasteiger partial charge is 0.421 e. The van der Waals surface area contributed by atoms with Crippen LogP contribution in [-0.2, 0) is 12.4 Å². The van der Waals surface area contributed by atoms with Crippen LogP contribution in [0.3, 0.4) is 0 Å². The number of aromatic nitrogens is 1. The molecule has 4 nitrogen and oxygen atoms in total. The second-order valence-electron chi connectivity index (χ2n) is 5.85. The highest BCUT2D eigenvalue weighted by atomic mass is 19.4. The number of pyridine rings is 1. The van der Waals surface area contributed by atoms with Gasteiger partial charge < -0.3 is 9.64 Å². The van der Waals surface area contributed by atoms with Gasteiger partial charge in [0, 0.05) is 6.20 Å². The van der Waals surface area contributed by atoms with E-state index >= 15 is 0 Å².